The maximum atomic E-state index is 10.1. The van der Waals surface area contributed by atoms with Crippen molar-refractivity contribution >= 4 is 27.4 Å². The molecule has 2 fully saturated rings. The van der Waals surface area contributed by atoms with E-state index in [-0.39, 0.29) is 12.1 Å². The molecule has 0 unspecified atom stereocenters. The Hall–Kier alpha value is -1.28. The van der Waals surface area contributed by atoms with Crippen LogP contribution >= 0.6 is 11.3 Å². The average Bonchev–Trinajstić information content (AvgIpc) is 3.09. The molecule has 2 aromatic rings. The first kappa shape index (κ1) is 15.3. The van der Waals surface area contributed by atoms with Gasteiger partial charge in [0, 0.05) is 26.2 Å². The zero-order valence-electron chi connectivity index (χ0n) is 13.3. The summed E-state index contributed by atoms with van der Waals surface area (Å²) in [6, 6.07) is 2.21. The summed E-state index contributed by atoms with van der Waals surface area (Å²) >= 11 is 1.71. The van der Waals surface area contributed by atoms with Gasteiger partial charge in [0.15, 0.2) is 0 Å². The summed E-state index contributed by atoms with van der Waals surface area (Å²) in [6.07, 6.45) is 0.714. The fraction of sp³-hybridized carbons (Fsp3) is 0.625. The second-order valence-electron chi connectivity index (χ2n) is 6.28. The lowest BCUT2D eigenvalue weighted by molar-refractivity contribution is 0.0859. The molecule has 7 heteroatoms. The Morgan fingerprint density at radius 2 is 2.13 bits per heavy atom. The molecular formula is C16H22N4O2S. The van der Waals surface area contributed by atoms with Gasteiger partial charge >= 0.3 is 0 Å². The van der Waals surface area contributed by atoms with Crippen LogP contribution < -0.4 is 4.90 Å². The topological polar surface area (TPSA) is 61.7 Å². The second-order valence-corrected chi connectivity index (χ2v) is 7.19. The molecule has 0 radical (unpaired) electrons. The first-order chi connectivity index (χ1) is 11.2. The third-order valence-corrected chi connectivity index (χ3v) is 5.62. The third-order valence-electron chi connectivity index (χ3n) is 4.72. The molecule has 2 saturated heterocycles. The molecule has 2 aromatic heterocycles. The molecule has 4 rings (SSSR count). The Kier molecular flexibility index (Phi) is 4.19. The highest BCUT2D eigenvalue weighted by atomic mass is 32.1. The van der Waals surface area contributed by atoms with E-state index in [4.69, 9.17) is 9.72 Å². The van der Waals surface area contributed by atoms with Gasteiger partial charge < -0.3 is 14.7 Å². The van der Waals surface area contributed by atoms with Crippen LogP contribution in [0.5, 0.6) is 0 Å². The average molecular weight is 334 g/mol. The van der Waals surface area contributed by atoms with Crippen LogP contribution in [0.1, 0.15) is 12.2 Å². The summed E-state index contributed by atoms with van der Waals surface area (Å²) in [5.41, 5.74) is 1.04. The lowest BCUT2D eigenvalue weighted by atomic mass is 10.2. The molecule has 2 aliphatic heterocycles. The van der Waals surface area contributed by atoms with E-state index in [1.165, 1.54) is 4.70 Å². The summed E-state index contributed by atoms with van der Waals surface area (Å²) in [5.74, 6) is 1.89. The minimum atomic E-state index is -0.355. The molecule has 0 aromatic carbocycles. The monoisotopic (exact) mass is 334 g/mol. The van der Waals surface area contributed by atoms with Gasteiger partial charge in [0.1, 0.15) is 11.6 Å². The van der Waals surface area contributed by atoms with Crippen molar-refractivity contribution < 1.29 is 9.84 Å². The van der Waals surface area contributed by atoms with Crippen molar-refractivity contribution in [3.63, 3.8) is 0 Å². The molecule has 0 saturated carbocycles. The quantitative estimate of drug-likeness (QED) is 0.892. The van der Waals surface area contributed by atoms with Gasteiger partial charge in [-0.1, -0.05) is 0 Å². The number of aryl methyl sites for hydroxylation is 1. The highest BCUT2D eigenvalue weighted by molar-refractivity contribution is 7.17. The van der Waals surface area contributed by atoms with Crippen LogP contribution in [0.4, 0.5) is 5.82 Å². The number of aliphatic hydroxyl groups is 1. The van der Waals surface area contributed by atoms with Gasteiger partial charge in [0.25, 0.3) is 0 Å². The number of thiophene rings is 1. The summed E-state index contributed by atoms with van der Waals surface area (Å²) in [4.78, 5) is 14.0. The zero-order valence-corrected chi connectivity index (χ0v) is 14.1. The molecule has 6 nitrogen and oxygen atoms in total. The normalized spacial score (nSPS) is 26.8. The van der Waals surface area contributed by atoms with E-state index in [0.717, 1.165) is 49.8 Å². The molecule has 0 spiro atoms. The fourth-order valence-corrected chi connectivity index (χ4v) is 4.38. The van der Waals surface area contributed by atoms with E-state index in [1.54, 1.807) is 11.3 Å². The molecule has 4 heterocycles. The van der Waals surface area contributed by atoms with Crippen LogP contribution in [0.2, 0.25) is 0 Å². The molecule has 0 bridgehead atoms. The molecule has 0 aliphatic carbocycles. The summed E-state index contributed by atoms with van der Waals surface area (Å²) in [7, 11) is 0. The lowest BCUT2D eigenvalue weighted by Gasteiger charge is -2.28. The molecule has 23 heavy (non-hydrogen) atoms. The van der Waals surface area contributed by atoms with Crippen molar-refractivity contribution in [3.8, 4) is 0 Å². The standard InChI is InChI=1S/C16H22N4O2S/c1-11-17-12-3-8-23-15(12)16(18-11)20-5-2-4-19(6-7-20)13-9-22-10-14(13)21/h3,8,13-14,21H,2,4-7,9-10H2,1H3/t13-,14-/m0/s1. The highest BCUT2D eigenvalue weighted by Gasteiger charge is 2.32. The predicted molar refractivity (Wildman–Crippen MR) is 91.2 cm³/mol. The van der Waals surface area contributed by atoms with Crippen LogP contribution in [-0.4, -0.2) is 71.5 Å². The summed E-state index contributed by atoms with van der Waals surface area (Å²) < 4.78 is 6.59. The first-order valence-electron chi connectivity index (χ1n) is 8.19. The van der Waals surface area contributed by atoms with Crippen molar-refractivity contribution in [3.05, 3.63) is 17.3 Å². The van der Waals surface area contributed by atoms with Crippen molar-refractivity contribution in [2.75, 3.05) is 44.3 Å². The number of rotatable bonds is 2. The SMILES string of the molecule is Cc1nc(N2CCCN([C@H]3COC[C@@H]3O)CC2)c2sccc2n1. The maximum absolute atomic E-state index is 10.1. The summed E-state index contributed by atoms with van der Waals surface area (Å²) in [5, 5.41) is 12.1. The van der Waals surface area contributed by atoms with Gasteiger partial charge in [0.05, 0.1) is 35.6 Å². The molecule has 124 valence electrons. The van der Waals surface area contributed by atoms with Crippen molar-refractivity contribution in [2.24, 2.45) is 0 Å². The number of anilines is 1. The Morgan fingerprint density at radius 3 is 2.96 bits per heavy atom. The van der Waals surface area contributed by atoms with Gasteiger partial charge in [0.2, 0.25) is 0 Å². The van der Waals surface area contributed by atoms with Crippen molar-refractivity contribution in [1.29, 1.82) is 0 Å². The number of ether oxygens (including phenoxy) is 1. The highest BCUT2D eigenvalue weighted by Crippen LogP contribution is 2.29. The minimum Gasteiger partial charge on any atom is -0.389 e. The van der Waals surface area contributed by atoms with E-state index in [2.05, 4.69) is 26.2 Å². The summed E-state index contributed by atoms with van der Waals surface area (Å²) in [6.45, 7) is 6.91. The molecule has 0 amide bonds. The number of fused-ring (bicyclic) bond motifs is 1. The number of aliphatic hydroxyl groups excluding tert-OH is 1. The second kappa shape index (κ2) is 6.32. The first-order valence-corrected chi connectivity index (χ1v) is 9.07. The van der Waals surface area contributed by atoms with E-state index in [0.29, 0.717) is 13.2 Å². The van der Waals surface area contributed by atoms with Gasteiger partial charge in [-0.05, 0) is 24.8 Å². The van der Waals surface area contributed by atoms with E-state index in [9.17, 15) is 5.11 Å². The largest absolute Gasteiger partial charge is 0.389 e. The van der Waals surface area contributed by atoms with E-state index >= 15 is 0 Å². The minimum absolute atomic E-state index is 0.142. The predicted octanol–water partition coefficient (Wildman–Crippen LogP) is 1.27. The Balaban J connectivity index is 1.55. The molecule has 2 atom stereocenters. The molecule has 2 aliphatic rings. The lowest BCUT2D eigenvalue weighted by Crippen LogP contribution is -2.44. The number of aromatic nitrogens is 2. The number of hydrogen-bond acceptors (Lipinski definition) is 7. The van der Waals surface area contributed by atoms with Crippen molar-refractivity contribution in [1.82, 2.24) is 14.9 Å². The smallest absolute Gasteiger partial charge is 0.150 e. The maximum Gasteiger partial charge on any atom is 0.150 e. The molecule has 1 N–H and O–H groups in total. The van der Waals surface area contributed by atoms with Gasteiger partial charge in [-0.2, -0.15) is 0 Å². The van der Waals surface area contributed by atoms with E-state index < -0.39 is 0 Å². The number of hydrogen-bond donors (Lipinski definition) is 1. The Labute approximate surface area is 139 Å². The van der Waals surface area contributed by atoms with Crippen LogP contribution in [0.3, 0.4) is 0 Å². The van der Waals surface area contributed by atoms with Crippen LogP contribution in [0.25, 0.3) is 10.2 Å². The third kappa shape index (κ3) is 2.94. The number of nitrogens with zero attached hydrogens (tertiary/aromatic N) is 4. The zero-order chi connectivity index (χ0) is 15.8. The van der Waals surface area contributed by atoms with Gasteiger partial charge in [-0.3, -0.25) is 4.90 Å². The van der Waals surface area contributed by atoms with Gasteiger partial charge in [-0.15, -0.1) is 11.3 Å². The van der Waals surface area contributed by atoms with Crippen LogP contribution in [0.15, 0.2) is 11.4 Å². The van der Waals surface area contributed by atoms with E-state index in [1.807, 2.05) is 6.92 Å². The van der Waals surface area contributed by atoms with Crippen molar-refractivity contribution in [2.45, 2.75) is 25.5 Å². The molecular weight excluding hydrogens is 312 g/mol. The van der Waals surface area contributed by atoms with Gasteiger partial charge in [-0.25, -0.2) is 9.97 Å². The Morgan fingerprint density at radius 1 is 1.22 bits per heavy atom. The van der Waals surface area contributed by atoms with Crippen LogP contribution in [0, 0.1) is 6.92 Å². The fourth-order valence-electron chi connectivity index (χ4n) is 3.54. The van der Waals surface area contributed by atoms with Crippen LogP contribution in [-0.2, 0) is 4.74 Å². The Bertz CT molecular complexity index is 692.